The normalized spacial score (nSPS) is 10.7. The van der Waals surface area contributed by atoms with Gasteiger partial charge in [-0.2, -0.15) is 0 Å². The zero-order chi connectivity index (χ0) is 15.7. The number of H-pyrrole nitrogens is 1. The Hall–Kier alpha value is -2.62. The zero-order valence-corrected chi connectivity index (χ0v) is 13.2. The lowest BCUT2D eigenvalue weighted by atomic mass is 10.1. The molecule has 0 saturated carbocycles. The molecule has 0 amide bonds. The van der Waals surface area contributed by atoms with Crippen molar-refractivity contribution in [1.82, 2.24) is 4.98 Å². The first-order valence-corrected chi connectivity index (χ1v) is 7.06. The van der Waals surface area contributed by atoms with Gasteiger partial charge in [0.2, 0.25) is 0 Å². The number of ether oxygens (including phenoxy) is 3. The van der Waals surface area contributed by atoms with Gasteiger partial charge in [0.1, 0.15) is 5.75 Å². The number of aromatic nitrogens is 1. The van der Waals surface area contributed by atoms with Crippen LogP contribution in [-0.2, 0) is 0 Å². The predicted molar refractivity (Wildman–Crippen MR) is 88.1 cm³/mol. The van der Waals surface area contributed by atoms with Crippen LogP contribution in [0, 0.1) is 6.92 Å². The fourth-order valence-electron chi connectivity index (χ4n) is 2.70. The van der Waals surface area contributed by atoms with Crippen molar-refractivity contribution in [2.75, 3.05) is 21.3 Å². The monoisotopic (exact) mass is 297 g/mol. The Labute approximate surface area is 129 Å². The summed E-state index contributed by atoms with van der Waals surface area (Å²) in [5.41, 5.74) is 4.42. The summed E-state index contributed by atoms with van der Waals surface area (Å²) in [6, 6.07) is 12.0. The minimum atomic E-state index is 0.720. The van der Waals surface area contributed by atoms with Crippen LogP contribution in [-0.4, -0.2) is 26.3 Å². The molecule has 22 heavy (non-hydrogen) atoms. The van der Waals surface area contributed by atoms with Crippen molar-refractivity contribution in [1.29, 1.82) is 0 Å². The maximum absolute atomic E-state index is 5.39. The molecule has 3 rings (SSSR count). The van der Waals surface area contributed by atoms with Gasteiger partial charge in [-0.3, -0.25) is 0 Å². The van der Waals surface area contributed by atoms with Gasteiger partial charge in [-0.1, -0.05) is 0 Å². The number of hydrogen-bond donors (Lipinski definition) is 1. The molecule has 1 N–H and O–H groups in total. The van der Waals surface area contributed by atoms with Crippen molar-refractivity contribution in [3.05, 3.63) is 42.0 Å². The van der Waals surface area contributed by atoms with E-state index in [0.29, 0.717) is 0 Å². The van der Waals surface area contributed by atoms with Gasteiger partial charge in [-0.15, -0.1) is 0 Å². The Balaban J connectivity index is 2.16. The average molecular weight is 297 g/mol. The summed E-state index contributed by atoms with van der Waals surface area (Å²) in [4.78, 5) is 3.47. The Morgan fingerprint density at radius 2 is 1.45 bits per heavy atom. The van der Waals surface area contributed by atoms with Gasteiger partial charge in [0, 0.05) is 17.1 Å². The van der Waals surface area contributed by atoms with E-state index in [-0.39, 0.29) is 0 Å². The lowest BCUT2D eigenvalue weighted by Crippen LogP contribution is -1.90. The highest BCUT2D eigenvalue weighted by Crippen LogP contribution is 2.37. The summed E-state index contributed by atoms with van der Waals surface area (Å²) < 4.78 is 16.0. The van der Waals surface area contributed by atoms with Crippen LogP contribution in [0.2, 0.25) is 0 Å². The van der Waals surface area contributed by atoms with Crippen LogP contribution in [0.4, 0.5) is 0 Å². The maximum atomic E-state index is 5.39. The summed E-state index contributed by atoms with van der Waals surface area (Å²) in [5, 5.41) is 1.13. The highest BCUT2D eigenvalue weighted by molar-refractivity contribution is 5.92. The van der Waals surface area contributed by atoms with E-state index < -0.39 is 0 Å². The number of aryl methyl sites for hydroxylation is 1. The SMILES string of the molecule is COc1ccc(-c2[nH]c3cc(OC)c(OC)cc3c2C)cc1. The smallest absolute Gasteiger partial charge is 0.162 e. The van der Waals surface area contributed by atoms with E-state index in [1.807, 2.05) is 36.4 Å². The third-order valence-electron chi connectivity index (χ3n) is 3.94. The number of benzene rings is 2. The quantitative estimate of drug-likeness (QED) is 0.786. The van der Waals surface area contributed by atoms with Gasteiger partial charge in [-0.25, -0.2) is 0 Å². The van der Waals surface area contributed by atoms with Crippen molar-refractivity contribution >= 4 is 10.9 Å². The highest BCUT2D eigenvalue weighted by atomic mass is 16.5. The standard InChI is InChI=1S/C18H19NO3/c1-11-14-9-16(21-3)17(22-4)10-15(14)19-18(11)12-5-7-13(20-2)8-6-12/h5-10,19H,1-4H3. The fraction of sp³-hybridized carbons (Fsp3) is 0.222. The minimum absolute atomic E-state index is 0.720. The summed E-state index contributed by atoms with van der Waals surface area (Å²) >= 11 is 0. The molecule has 0 fully saturated rings. The molecule has 2 aromatic carbocycles. The highest BCUT2D eigenvalue weighted by Gasteiger charge is 2.13. The Bertz CT molecular complexity index is 803. The molecule has 0 saturated heterocycles. The van der Waals surface area contributed by atoms with Gasteiger partial charge in [0.05, 0.1) is 26.8 Å². The van der Waals surface area contributed by atoms with E-state index in [9.17, 15) is 0 Å². The van der Waals surface area contributed by atoms with E-state index in [1.54, 1.807) is 21.3 Å². The molecule has 114 valence electrons. The molecule has 0 atom stereocenters. The first-order valence-electron chi connectivity index (χ1n) is 7.06. The molecule has 1 aromatic heterocycles. The van der Waals surface area contributed by atoms with Crippen LogP contribution in [0.15, 0.2) is 36.4 Å². The van der Waals surface area contributed by atoms with Crippen molar-refractivity contribution in [2.24, 2.45) is 0 Å². The number of aromatic amines is 1. The second kappa shape index (κ2) is 5.64. The van der Waals surface area contributed by atoms with Crippen LogP contribution in [0.5, 0.6) is 17.2 Å². The van der Waals surface area contributed by atoms with E-state index in [4.69, 9.17) is 14.2 Å². The molecule has 0 spiro atoms. The molecule has 4 heteroatoms. The Morgan fingerprint density at radius 3 is 2.05 bits per heavy atom. The van der Waals surface area contributed by atoms with Crippen molar-refractivity contribution in [2.45, 2.75) is 6.92 Å². The molecule has 0 bridgehead atoms. The number of nitrogens with one attached hydrogen (secondary N) is 1. The number of rotatable bonds is 4. The predicted octanol–water partition coefficient (Wildman–Crippen LogP) is 4.17. The molecular weight excluding hydrogens is 278 g/mol. The van der Waals surface area contributed by atoms with Gasteiger partial charge in [0.15, 0.2) is 11.5 Å². The average Bonchev–Trinajstić information content (AvgIpc) is 2.89. The van der Waals surface area contributed by atoms with E-state index in [2.05, 4.69) is 11.9 Å². The van der Waals surface area contributed by atoms with E-state index >= 15 is 0 Å². The van der Waals surface area contributed by atoms with E-state index in [1.165, 1.54) is 5.56 Å². The third-order valence-corrected chi connectivity index (χ3v) is 3.94. The Morgan fingerprint density at radius 1 is 0.818 bits per heavy atom. The lowest BCUT2D eigenvalue weighted by Gasteiger charge is -2.07. The van der Waals surface area contributed by atoms with Gasteiger partial charge in [0.25, 0.3) is 0 Å². The van der Waals surface area contributed by atoms with Crippen LogP contribution in [0.3, 0.4) is 0 Å². The van der Waals surface area contributed by atoms with Crippen LogP contribution in [0.1, 0.15) is 5.56 Å². The van der Waals surface area contributed by atoms with Crippen molar-refractivity contribution in [3.63, 3.8) is 0 Å². The van der Waals surface area contributed by atoms with Gasteiger partial charge < -0.3 is 19.2 Å². The summed E-state index contributed by atoms with van der Waals surface area (Å²) in [5.74, 6) is 2.30. The van der Waals surface area contributed by atoms with Crippen molar-refractivity contribution in [3.8, 4) is 28.5 Å². The number of fused-ring (bicyclic) bond motifs is 1. The second-order valence-electron chi connectivity index (χ2n) is 5.11. The molecule has 0 aliphatic rings. The number of methoxy groups -OCH3 is 3. The second-order valence-corrected chi connectivity index (χ2v) is 5.11. The minimum Gasteiger partial charge on any atom is -0.497 e. The molecule has 4 nitrogen and oxygen atoms in total. The number of hydrogen-bond acceptors (Lipinski definition) is 3. The summed E-state index contributed by atoms with van der Waals surface area (Å²) in [6.45, 7) is 2.10. The Kier molecular flexibility index (Phi) is 3.67. The van der Waals surface area contributed by atoms with Crippen molar-refractivity contribution < 1.29 is 14.2 Å². The van der Waals surface area contributed by atoms with E-state index in [0.717, 1.165) is 39.4 Å². The topological polar surface area (TPSA) is 43.5 Å². The van der Waals surface area contributed by atoms with Crippen LogP contribution >= 0.6 is 0 Å². The van der Waals surface area contributed by atoms with Crippen LogP contribution < -0.4 is 14.2 Å². The lowest BCUT2D eigenvalue weighted by molar-refractivity contribution is 0.356. The first-order chi connectivity index (χ1) is 10.7. The fourth-order valence-corrected chi connectivity index (χ4v) is 2.70. The molecule has 0 radical (unpaired) electrons. The van der Waals surface area contributed by atoms with Gasteiger partial charge in [-0.05, 0) is 48.4 Å². The van der Waals surface area contributed by atoms with Crippen LogP contribution in [0.25, 0.3) is 22.2 Å². The largest absolute Gasteiger partial charge is 0.497 e. The van der Waals surface area contributed by atoms with Gasteiger partial charge >= 0.3 is 0 Å². The molecule has 0 unspecified atom stereocenters. The maximum Gasteiger partial charge on any atom is 0.162 e. The molecule has 1 heterocycles. The third kappa shape index (κ3) is 2.26. The summed E-state index contributed by atoms with van der Waals surface area (Å²) in [7, 11) is 4.96. The molecular formula is C18H19NO3. The molecule has 0 aliphatic carbocycles. The molecule has 3 aromatic rings. The molecule has 0 aliphatic heterocycles. The summed E-state index contributed by atoms with van der Waals surface area (Å²) in [6.07, 6.45) is 0. The zero-order valence-electron chi connectivity index (χ0n) is 13.2. The first kappa shape index (κ1) is 14.3.